The molecule has 1 N–H and O–H groups in total. The van der Waals surface area contributed by atoms with E-state index in [4.69, 9.17) is 4.74 Å². The molecule has 1 aliphatic heterocycles. The number of amides is 1. The highest BCUT2D eigenvalue weighted by atomic mass is 16.5. The van der Waals surface area contributed by atoms with Crippen molar-refractivity contribution >= 4 is 11.6 Å². The first-order chi connectivity index (χ1) is 7.29. The van der Waals surface area contributed by atoms with Crippen molar-refractivity contribution < 1.29 is 9.53 Å². The monoisotopic (exact) mass is 203 g/mol. The SMILES string of the molecule is CCOC1=CC(=O)Nc2ccccc2C1. The van der Waals surface area contributed by atoms with E-state index >= 15 is 0 Å². The molecule has 0 radical (unpaired) electrons. The number of carbonyl (C=O) groups excluding carboxylic acids is 1. The van der Waals surface area contributed by atoms with Crippen LogP contribution < -0.4 is 5.32 Å². The van der Waals surface area contributed by atoms with Gasteiger partial charge in [-0.05, 0) is 18.6 Å². The van der Waals surface area contributed by atoms with E-state index in [0.717, 1.165) is 17.0 Å². The molecule has 2 rings (SSSR count). The van der Waals surface area contributed by atoms with Gasteiger partial charge in [0.15, 0.2) is 0 Å². The van der Waals surface area contributed by atoms with Crippen molar-refractivity contribution in [2.75, 3.05) is 11.9 Å². The standard InChI is InChI=1S/C12H13NO2/c1-2-15-10-7-9-5-3-4-6-11(9)13-12(14)8-10/h3-6,8H,2,7H2,1H3,(H,13,14). The number of hydrogen-bond acceptors (Lipinski definition) is 2. The lowest BCUT2D eigenvalue weighted by Gasteiger charge is -2.07. The number of fused-ring (bicyclic) bond motifs is 1. The fourth-order valence-electron chi connectivity index (χ4n) is 1.63. The van der Waals surface area contributed by atoms with Crippen LogP contribution in [0, 0.1) is 0 Å². The van der Waals surface area contributed by atoms with Crippen LogP contribution in [0.2, 0.25) is 0 Å². The molecule has 3 nitrogen and oxygen atoms in total. The molecule has 15 heavy (non-hydrogen) atoms. The molecule has 0 spiro atoms. The smallest absolute Gasteiger partial charge is 0.251 e. The highest BCUT2D eigenvalue weighted by molar-refractivity contribution is 6.01. The van der Waals surface area contributed by atoms with E-state index in [0.29, 0.717) is 13.0 Å². The Balaban J connectivity index is 2.32. The predicted octanol–water partition coefficient (Wildman–Crippen LogP) is 2.10. The van der Waals surface area contributed by atoms with Crippen molar-refractivity contribution in [2.45, 2.75) is 13.3 Å². The summed E-state index contributed by atoms with van der Waals surface area (Å²) < 4.78 is 5.39. The summed E-state index contributed by atoms with van der Waals surface area (Å²) in [6.07, 6.45) is 2.19. The highest BCUT2D eigenvalue weighted by Crippen LogP contribution is 2.22. The van der Waals surface area contributed by atoms with E-state index in [1.807, 2.05) is 31.2 Å². The van der Waals surface area contributed by atoms with Crippen molar-refractivity contribution in [1.29, 1.82) is 0 Å². The van der Waals surface area contributed by atoms with Gasteiger partial charge in [-0.2, -0.15) is 0 Å². The average Bonchev–Trinajstić information content (AvgIpc) is 2.35. The lowest BCUT2D eigenvalue weighted by atomic mass is 10.1. The second-order valence-corrected chi connectivity index (χ2v) is 3.37. The Kier molecular flexibility index (Phi) is 2.72. The van der Waals surface area contributed by atoms with Crippen LogP contribution in [0.4, 0.5) is 5.69 Å². The van der Waals surface area contributed by atoms with E-state index in [1.54, 1.807) is 0 Å². The molecule has 3 heteroatoms. The van der Waals surface area contributed by atoms with Crippen LogP contribution in [0.15, 0.2) is 36.1 Å². The summed E-state index contributed by atoms with van der Waals surface area (Å²) in [7, 11) is 0. The van der Waals surface area contributed by atoms with Gasteiger partial charge in [-0.1, -0.05) is 18.2 Å². The van der Waals surface area contributed by atoms with E-state index in [1.165, 1.54) is 6.08 Å². The van der Waals surface area contributed by atoms with Crippen LogP contribution >= 0.6 is 0 Å². The number of carbonyl (C=O) groups is 1. The Morgan fingerprint density at radius 1 is 1.40 bits per heavy atom. The van der Waals surface area contributed by atoms with E-state index in [2.05, 4.69) is 5.32 Å². The number of allylic oxidation sites excluding steroid dienone is 1. The molecule has 1 amide bonds. The molecule has 0 aliphatic carbocycles. The van der Waals surface area contributed by atoms with Gasteiger partial charge < -0.3 is 10.1 Å². The Morgan fingerprint density at radius 3 is 3.00 bits per heavy atom. The van der Waals surface area contributed by atoms with E-state index < -0.39 is 0 Å². The Morgan fingerprint density at radius 2 is 2.20 bits per heavy atom. The molecule has 0 bridgehead atoms. The van der Waals surface area contributed by atoms with Crippen LogP contribution in [0.25, 0.3) is 0 Å². The molecular weight excluding hydrogens is 190 g/mol. The zero-order valence-electron chi connectivity index (χ0n) is 8.62. The van der Waals surface area contributed by atoms with Crippen molar-refractivity contribution in [3.63, 3.8) is 0 Å². The maximum atomic E-state index is 11.5. The second kappa shape index (κ2) is 4.17. The summed E-state index contributed by atoms with van der Waals surface area (Å²) in [5.74, 6) is 0.600. The lowest BCUT2D eigenvalue weighted by Crippen LogP contribution is -2.07. The first-order valence-corrected chi connectivity index (χ1v) is 5.02. The van der Waals surface area contributed by atoms with Gasteiger partial charge in [0.1, 0.15) is 5.76 Å². The minimum atomic E-state index is -0.122. The molecule has 1 heterocycles. The predicted molar refractivity (Wildman–Crippen MR) is 58.5 cm³/mol. The molecular formula is C12H13NO2. The summed E-state index contributed by atoms with van der Waals surface area (Å²) in [5, 5.41) is 2.82. The van der Waals surface area contributed by atoms with Crippen molar-refractivity contribution in [1.82, 2.24) is 0 Å². The van der Waals surface area contributed by atoms with Gasteiger partial charge in [0.2, 0.25) is 0 Å². The van der Waals surface area contributed by atoms with Crippen molar-refractivity contribution in [3.8, 4) is 0 Å². The molecule has 78 valence electrons. The number of rotatable bonds is 2. The quantitative estimate of drug-likeness (QED) is 0.799. The molecule has 0 saturated carbocycles. The molecule has 0 atom stereocenters. The number of para-hydroxylation sites is 1. The van der Waals surface area contributed by atoms with Gasteiger partial charge in [-0.25, -0.2) is 0 Å². The molecule has 1 aromatic carbocycles. The van der Waals surface area contributed by atoms with Gasteiger partial charge in [-0.3, -0.25) is 4.79 Å². The molecule has 0 unspecified atom stereocenters. The van der Waals surface area contributed by atoms with Gasteiger partial charge >= 0.3 is 0 Å². The number of anilines is 1. The first kappa shape index (κ1) is 9.77. The Hall–Kier alpha value is -1.77. The van der Waals surface area contributed by atoms with Crippen LogP contribution in [0.1, 0.15) is 12.5 Å². The second-order valence-electron chi connectivity index (χ2n) is 3.37. The minimum absolute atomic E-state index is 0.122. The van der Waals surface area contributed by atoms with Gasteiger partial charge in [0.05, 0.1) is 6.61 Å². The molecule has 0 fully saturated rings. The third-order valence-corrected chi connectivity index (χ3v) is 2.26. The maximum Gasteiger partial charge on any atom is 0.251 e. The fraction of sp³-hybridized carbons (Fsp3) is 0.250. The third-order valence-electron chi connectivity index (χ3n) is 2.26. The zero-order chi connectivity index (χ0) is 10.7. The average molecular weight is 203 g/mol. The van der Waals surface area contributed by atoms with Gasteiger partial charge in [-0.15, -0.1) is 0 Å². The molecule has 0 saturated heterocycles. The van der Waals surface area contributed by atoms with E-state index in [9.17, 15) is 4.79 Å². The zero-order valence-corrected chi connectivity index (χ0v) is 8.62. The summed E-state index contributed by atoms with van der Waals surface area (Å²) in [6, 6.07) is 7.76. The Bertz CT molecular complexity index is 410. The van der Waals surface area contributed by atoms with Crippen LogP contribution in [-0.4, -0.2) is 12.5 Å². The fourth-order valence-corrected chi connectivity index (χ4v) is 1.63. The Labute approximate surface area is 88.8 Å². The van der Waals surface area contributed by atoms with Crippen LogP contribution in [0.5, 0.6) is 0 Å². The lowest BCUT2D eigenvalue weighted by molar-refractivity contribution is -0.112. The first-order valence-electron chi connectivity index (χ1n) is 5.02. The largest absolute Gasteiger partial charge is 0.498 e. The summed E-state index contributed by atoms with van der Waals surface area (Å²) >= 11 is 0. The molecule has 1 aliphatic rings. The summed E-state index contributed by atoms with van der Waals surface area (Å²) in [6.45, 7) is 2.50. The van der Waals surface area contributed by atoms with Gasteiger partial charge in [0.25, 0.3) is 5.91 Å². The third kappa shape index (κ3) is 2.18. The number of hydrogen-bond donors (Lipinski definition) is 1. The maximum absolute atomic E-state index is 11.5. The molecule has 1 aromatic rings. The highest BCUT2D eigenvalue weighted by Gasteiger charge is 2.13. The number of ether oxygens (including phenoxy) is 1. The van der Waals surface area contributed by atoms with Crippen molar-refractivity contribution in [2.24, 2.45) is 0 Å². The summed E-state index contributed by atoms with van der Waals surface area (Å²) in [4.78, 5) is 11.5. The van der Waals surface area contributed by atoms with Gasteiger partial charge in [0, 0.05) is 18.2 Å². The number of nitrogens with one attached hydrogen (secondary N) is 1. The van der Waals surface area contributed by atoms with Crippen LogP contribution in [-0.2, 0) is 16.0 Å². The van der Waals surface area contributed by atoms with Crippen molar-refractivity contribution in [3.05, 3.63) is 41.7 Å². The minimum Gasteiger partial charge on any atom is -0.498 e. The molecule has 0 aromatic heterocycles. The topological polar surface area (TPSA) is 38.3 Å². The number of benzene rings is 1. The summed E-state index contributed by atoms with van der Waals surface area (Å²) in [5.41, 5.74) is 1.96. The normalized spacial score (nSPS) is 14.7. The van der Waals surface area contributed by atoms with E-state index in [-0.39, 0.29) is 5.91 Å². The van der Waals surface area contributed by atoms with Crippen LogP contribution in [0.3, 0.4) is 0 Å².